The molecular formula is C13H13N5S. The van der Waals surface area contributed by atoms with Gasteiger partial charge in [-0.1, -0.05) is 12.1 Å². The van der Waals surface area contributed by atoms with Gasteiger partial charge in [-0.15, -0.1) is 11.3 Å². The summed E-state index contributed by atoms with van der Waals surface area (Å²) in [4.78, 5) is 14.1. The molecule has 0 aliphatic rings. The fraction of sp³-hybridized carbons (Fsp3) is 0.154. The number of aromatic nitrogens is 3. The molecular weight excluding hydrogens is 258 g/mol. The van der Waals surface area contributed by atoms with E-state index in [-0.39, 0.29) is 0 Å². The van der Waals surface area contributed by atoms with Gasteiger partial charge in [-0.05, 0) is 12.1 Å². The molecule has 0 saturated heterocycles. The number of anilines is 2. The van der Waals surface area contributed by atoms with Crippen molar-refractivity contribution in [1.29, 1.82) is 0 Å². The highest BCUT2D eigenvalue weighted by atomic mass is 32.1. The summed E-state index contributed by atoms with van der Waals surface area (Å²) in [6.45, 7) is 0.717. The van der Waals surface area contributed by atoms with Crippen LogP contribution in [0.3, 0.4) is 0 Å². The van der Waals surface area contributed by atoms with Crippen LogP contribution in [0.25, 0.3) is 10.9 Å². The molecule has 0 aliphatic heterocycles. The van der Waals surface area contributed by atoms with Crippen molar-refractivity contribution in [3.8, 4) is 0 Å². The van der Waals surface area contributed by atoms with E-state index in [9.17, 15) is 0 Å². The van der Waals surface area contributed by atoms with Gasteiger partial charge in [0.15, 0.2) is 0 Å². The van der Waals surface area contributed by atoms with E-state index in [2.05, 4.69) is 25.6 Å². The molecule has 19 heavy (non-hydrogen) atoms. The molecule has 2 N–H and O–H groups in total. The summed E-state index contributed by atoms with van der Waals surface area (Å²) in [5.74, 6) is 1.45. The first-order valence-electron chi connectivity index (χ1n) is 5.92. The molecule has 3 rings (SSSR count). The highest BCUT2D eigenvalue weighted by molar-refractivity contribution is 7.09. The molecule has 0 unspecified atom stereocenters. The summed E-state index contributed by atoms with van der Waals surface area (Å²) in [6, 6.07) is 7.96. The Bertz CT molecular complexity index is 681. The van der Waals surface area contributed by atoms with Crippen molar-refractivity contribution in [1.82, 2.24) is 15.0 Å². The van der Waals surface area contributed by atoms with Crippen molar-refractivity contribution < 1.29 is 0 Å². The minimum absolute atomic E-state index is 0.616. The SMILES string of the molecule is CNc1nc(NCc2cncs2)c2ccccc2n1. The summed E-state index contributed by atoms with van der Waals surface area (Å²) < 4.78 is 0. The fourth-order valence-corrected chi connectivity index (χ4v) is 2.36. The van der Waals surface area contributed by atoms with Gasteiger partial charge < -0.3 is 10.6 Å². The number of nitrogens with one attached hydrogen (secondary N) is 2. The second kappa shape index (κ2) is 5.19. The summed E-state index contributed by atoms with van der Waals surface area (Å²) in [5, 5.41) is 7.34. The molecule has 5 nitrogen and oxygen atoms in total. The molecule has 96 valence electrons. The van der Waals surface area contributed by atoms with Crippen LogP contribution in [0.2, 0.25) is 0 Å². The number of para-hydroxylation sites is 1. The lowest BCUT2D eigenvalue weighted by molar-refractivity contribution is 1.11. The minimum Gasteiger partial charge on any atom is -0.364 e. The maximum absolute atomic E-state index is 4.47. The second-order valence-corrected chi connectivity index (χ2v) is 4.96. The molecule has 0 atom stereocenters. The molecule has 0 radical (unpaired) electrons. The molecule has 0 bridgehead atoms. The number of hydrogen-bond acceptors (Lipinski definition) is 6. The predicted octanol–water partition coefficient (Wildman–Crippen LogP) is 2.74. The van der Waals surface area contributed by atoms with Crippen LogP contribution in [0.5, 0.6) is 0 Å². The number of fused-ring (bicyclic) bond motifs is 1. The van der Waals surface area contributed by atoms with Gasteiger partial charge in [0.1, 0.15) is 5.82 Å². The van der Waals surface area contributed by atoms with Gasteiger partial charge in [-0.25, -0.2) is 4.98 Å². The van der Waals surface area contributed by atoms with Gasteiger partial charge in [0.25, 0.3) is 0 Å². The third-order valence-electron chi connectivity index (χ3n) is 2.74. The summed E-state index contributed by atoms with van der Waals surface area (Å²) in [5.41, 5.74) is 2.75. The zero-order valence-electron chi connectivity index (χ0n) is 10.4. The minimum atomic E-state index is 0.616. The van der Waals surface area contributed by atoms with Crippen LogP contribution in [0.1, 0.15) is 4.88 Å². The standard InChI is InChI=1S/C13H13N5S/c1-14-13-17-11-5-3-2-4-10(11)12(18-13)16-7-9-6-15-8-19-9/h2-6,8H,7H2,1H3,(H2,14,16,17,18). The first kappa shape index (κ1) is 11.9. The quantitative estimate of drug-likeness (QED) is 0.764. The smallest absolute Gasteiger partial charge is 0.224 e. The Morgan fingerprint density at radius 3 is 2.89 bits per heavy atom. The first-order valence-corrected chi connectivity index (χ1v) is 6.80. The maximum Gasteiger partial charge on any atom is 0.224 e. The van der Waals surface area contributed by atoms with Crippen molar-refractivity contribution in [2.24, 2.45) is 0 Å². The van der Waals surface area contributed by atoms with Crippen LogP contribution in [0, 0.1) is 0 Å². The van der Waals surface area contributed by atoms with Crippen LogP contribution in [-0.4, -0.2) is 22.0 Å². The molecule has 6 heteroatoms. The summed E-state index contributed by atoms with van der Waals surface area (Å²) >= 11 is 1.62. The zero-order valence-corrected chi connectivity index (χ0v) is 11.2. The third-order valence-corrected chi connectivity index (χ3v) is 3.52. The van der Waals surface area contributed by atoms with Crippen molar-refractivity contribution in [2.75, 3.05) is 17.7 Å². The van der Waals surface area contributed by atoms with E-state index in [1.54, 1.807) is 11.3 Å². The maximum atomic E-state index is 4.47. The van der Waals surface area contributed by atoms with Gasteiger partial charge in [0, 0.05) is 23.5 Å². The molecule has 0 fully saturated rings. The molecule has 0 saturated carbocycles. The molecule has 2 aromatic heterocycles. The molecule has 2 heterocycles. The highest BCUT2D eigenvalue weighted by Gasteiger charge is 2.06. The zero-order chi connectivity index (χ0) is 13.1. The Balaban J connectivity index is 1.96. The van der Waals surface area contributed by atoms with Gasteiger partial charge >= 0.3 is 0 Å². The molecule has 0 aliphatic carbocycles. The van der Waals surface area contributed by atoms with Gasteiger partial charge in [-0.2, -0.15) is 4.98 Å². The van der Waals surface area contributed by atoms with Crippen molar-refractivity contribution in [2.45, 2.75) is 6.54 Å². The van der Waals surface area contributed by atoms with E-state index in [1.165, 1.54) is 4.88 Å². The van der Waals surface area contributed by atoms with Crippen molar-refractivity contribution >= 4 is 34.0 Å². The Morgan fingerprint density at radius 2 is 2.11 bits per heavy atom. The second-order valence-electron chi connectivity index (χ2n) is 3.98. The van der Waals surface area contributed by atoms with Gasteiger partial charge in [-0.3, -0.25) is 4.98 Å². The molecule has 3 aromatic rings. The highest BCUT2D eigenvalue weighted by Crippen LogP contribution is 2.22. The predicted molar refractivity (Wildman–Crippen MR) is 78.5 cm³/mol. The van der Waals surface area contributed by atoms with Gasteiger partial charge in [0.2, 0.25) is 5.95 Å². The number of benzene rings is 1. The number of nitrogens with zero attached hydrogens (tertiary/aromatic N) is 3. The summed E-state index contributed by atoms with van der Waals surface area (Å²) in [6.07, 6.45) is 1.86. The van der Waals surface area contributed by atoms with E-state index in [4.69, 9.17) is 0 Å². The molecule has 1 aromatic carbocycles. The normalized spacial score (nSPS) is 10.6. The number of hydrogen-bond donors (Lipinski definition) is 2. The number of rotatable bonds is 4. The van der Waals surface area contributed by atoms with Gasteiger partial charge in [0.05, 0.1) is 17.6 Å². The van der Waals surface area contributed by atoms with E-state index in [0.717, 1.165) is 23.3 Å². The molecule has 0 spiro atoms. The average Bonchev–Trinajstić information content (AvgIpc) is 2.97. The van der Waals surface area contributed by atoms with E-state index < -0.39 is 0 Å². The van der Waals surface area contributed by atoms with Crippen LogP contribution < -0.4 is 10.6 Å². The lowest BCUT2D eigenvalue weighted by Crippen LogP contribution is -2.04. The van der Waals surface area contributed by atoms with Crippen LogP contribution in [0.15, 0.2) is 36.0 Å². The largest absolute Gasteiger partial charge is 0.364 e. The Hall–Kier alpha value is -2.21. The van der Waals surface area contributed by atoms with Crippen LogP contribution in [-0.2, 0) is 6.54 Å². The van der Waals surface area contributed by atoms with Crippen molar-refractivity contribution in [3.05, 3.63) is 40.8 Å². The lowest BCUT2D eigenvalue weighted by Gasteiger charge is -2.09. The Kier molecular flexibility index (Phi) is 3.24. The number of thiazole rings is 1. The fourth-order valence-electron chi connectivity index (χ4n) is 1.82. The van der Waals surface area contributed by atoms with Crippen molar-refractivity contribution in [3.63, 3.8) is 0 Å². The lowest BCUT2D eigenvalue weighted by atomic mass is 10.2. The van der Waals surface area contributed by atoms with Crippen LogP contribution >= 0.6 is 11.3 Å². The van der Waals surface area contributed by atoms with E-state index >= 15 is 0 Å². The summed E-state index contributed by atoms with van der Waals surface area (Å²) in [7, 11) is 1.82. The average molecular weight is 271 g/mol. The monoisotopic (exact) mass is 271 g/mol. The Morgan fingerprint density at radius 1 is 1.21 bits per heavy atom. The third kappa shape index (κ3) is 2.48. The van der Waals surface area contributed by atoms with E-state index in [0.29, 0.717) is 5.95 Å². The Labute approximate surface area is 114 Å². The van der Waals surface area contributed by atoms with E-state index in [1.807, 2.05) is 43.0 Å². The molecule has 0 amide bonds. The topological polar surface area (TPSA) is 62.7 Å². The first-order chi connectivity index (χ1) is 9.36. The van der Waals surface area contributed by atoms with Crippen LogP contribution in [0.4, 0.5) is 11.8 Å².